The highest BCUT2D eigenvalue weighted by molar-refractivity contribution is 5.71. The number of esters is 3. The number of rotatable bonds is 59. The molecule has 438 valence electrons. The Labute approximate surface area is 471 Å². The average molecular weight is 1060 g/mol. The first-order chi connectivity index (χ1) is 37.5. The van der Waals surface area contributed by atoms with E-state index >= 15 is 0 Å². The number of ether oxygens (including phenoxy) is 3. The van der Waals surface area contributed by atoms with Crippen molar-refractivity contribution in [1.82, 2.24) is 0 Å². The van der Waals surface area contributed by atoms with Crippen LogP contribution in [0.2, 0.25) is 0 Å². The molecule has 0 spiro atoms. The molecule has 0 aromatic heterocycles. The van der Waals surface area contributed by atoms with Crippen molar-refractivity contribution in [2.75, 3.05) is 13.2 Å². The van der Waals surface area contributed by atoms with E-state index in [-0.39, 0.29) is 31.1 Å². The Kier molecular flexibility index (Phi) is 61.2. The van der Waals surface area contributed by atoms with E-state index in [1.807, 2.05) is 0 Å². The molecule has 6 heteroatoms. The standard InChI is InChI=1S/C70H122O6/c1-4-7-10-13-16-19-22-25-28-31-33-35-37-39-42-45-48-51-54-57-60-63-69(72)75-66-67(65-74-68(71)62-59-56-53-50-47-44-41-30-27-24-21-18-15-12-9-6-3)76-70(73)64-61-58-55-52-49-46-43-40-38-36-34-32-29-26-23-20-17-14-11-8-5-2/h7,10,16,19,25,28,32-35,39,42,48,51,67H,4-6,8-9,11-15,17-18,20-24,26-27,29-31,36-38,40-41,43-47,49-50,52-66H2,1-3H3/b10-7-,19-16-,28-25-,34-32-,35-33-,42-39-,51-48-. The van der Waals surface area contributed by atoms with Crippen molar-refractivity contribution in [1.29, 1.82) is 0 Å². The summed E-state index contributed by atoms with van der Waals surface area (Å²) in [6.45, 7) is 6.53. The second-order valence-corrected chi connectivity index (χ2v) is 21.6. The fourth-order valence-corrected chi connectivity index (χ4v) is 9.27. The van der Waals surface area contributed by atoms with Gasteiger partial charge in [0, 0.05) is 19.3 Å². The Bertz CT molecular complexity index is 1450. The van der Waals surface area contributed by atoms with Gasteiger partial charge in [-0.2, -0.15) is 0 Å². The van der Waals surface area contributed by atoms with Crippen LogP contribution in [0.15, 0.2) is 85.1 Å². The molecule has 0 heterocycles. The lowest BCUT2D eigenvalue weighted by Crippen LogP contribution is -2.30. The summed E-state index contributed by atoms with van der Waals surface area (Å²) in [6.07, 6.45) is 84.5. The molecule has 0 rings (SSSR count). The van der Waals surface area contributed by atoms with Gasteiger partial charge in [-0.1, -0.05) is 292 Å². The number of hydrogen-bond acceptors (Lipinski definition) is 6. The molecule has 0 radical (unpaired) electrons. The summed E-state index contributed by atoms with van der Waals surface area (Å²) in [5.41, 5.74) is 0. The lowest BCUT2D eigenvalue weighted by atomic mass is 10.0. The van der Waals surface area contributed by atoms with Crippen LogP contribution in [0, 0.1) is 0 Å². The molecule has 1 unspecified atom stereocenters. The van der Waals surface area contributed by atoms with Gasteiger partial charge in [0.2, 0.25) is 0 Å². The summed E-state index contributed by atoms with van der Waals surface area (Å²) in [4.78, 5) is 38.3. The zero-order valence-corrected chi connectivity index (χ0v) is 50.3. The molecule has 1 atom stereocenters. The van der Waals surface area contributed by atoms with E-state index in [9.17, 15) is 14.4 Å². The minimum atomic E-state index is -0.796. The minimum absolute atomic E-state index is 0.0883. The number of unbranched alkanes of at least 4 members (excludes halogenated alkanes) is 34. The van der Waals surface area contributed by atoms with Crippen LogP contribution in [-0.2, 0) is 28.6 Å². The van der Waals surface area contributed by atoms with Crippen molar-refractivity contribution in [2.24, 2.45) is 0 Å². The third-order valence-electron chi connectivity index (χ3n) is 14.1. The summed E-state index contributed by atoms with van der Waals surface area (Å²) < 4.78 is 16.9. The van der Waals surface area contributed by atoms with Crippen molar-refractivity contribution >= 4 is 17.9 Å². The summed E-state index contributed by atoms with van der Waals surface area (Å²) in [5, 5.41) is 0. The van der Waals surface area contributed by atoms with Gasteiger partial charge < -0.3 is 14.2 Å². The SMILES string of the molecule is CC/C=C\C/C=C\C/C=C\C/C=C\C/C=C\C/C=C\CCCCC(=O)OCC(COC(=O)CCCCCCCCCCCCCCCCCC)OC(=O)CCCCCCCCCCC/C=C\CCCCCCCCCC. The van der Waals surface area contributed by atoms with Gasteiger partial charge in [0.15, 0.2) is 6.10 Å². The largest absolute Gasteiger partial charge is 0.462 e. The summed E-state index contributed by atoms with van der Waals surface area (Å²) in [7, 11) is 0. The minimum Gasteiger partial charge on any atom is -0.462 e. The number of carbonyl (C=O) groups is 3. The summed E-state index contributed by atoms with van der Waals surface area (Å²) >= 11 is 0. The Balaban J connectivity index is 4.43. The molecule has 0 aliphatic carbocycles. The van der Waals surface area contributed by atoms with Gasteiger partial charge in [0.25, 0.3) is 0 Å². The van der Waals surface area contributed by atoms with Crippen LogP contribution in [0.5, 0.6) is 0 Å². The van der Waals surface area contributed by atoms with E-state index in [1.54, 1.807) is 0 Å². The van der Waals surface area contributed by atoms with Gasteiger partial charge >= 0.3 is 17.9 Å². The topological polar surface area (TPSA) is 78.9 Å². The molecule has 0 aromatic carbocycles. The Morgan fingerprint density at radius 1 is 0.276 bits per heavy atom. The van der Waals surface area contributed by atoms with Crippen molar-refractivity contribution in [3.63, 3.8) is 0 Å². The van der Waals surface area contributed by atoms with E-state index in [4.69, 9.17) is 14.2 Å². The van der Waals surface area contributed by atoms with E-state index in [0.717, 1.165) is 96.3 Å². The lowest BCUT2D eigenvalue weighted by Gasteiger charge is -2.18. The van der Waals surface area contributed by atoms with Crippen LogP contribution < -0.4 is 0 Å². The molecule has 0 aliphatic heterocycles. The van der Waals surface area contributed by atoms with E-state index < -0.39 is 6.10 Å². The van der Waals surface area contributed by atoms with E-state index in [0.29, 0.717) is 19.3 Å². The van der Waals surface area contributed by atoms with Crippen LogP contribution in [0.3, 0.4) is 0 Å². The first kappa shape index (κ1) is 72.6. The lowest BCUT2D eigenvalue weighted by molar-refractivity contribution is -0.167. The fraction of sp³-hybridized carbons (Fsp3) is 0.757. The van der Waals surface area contributed by atoms with E-state index in [1.165, 1.54) is 186 Å². The molecule has 0 saturated heterocycles. The number of allylic oxidation sites excluding steroid dienone is 14. The summed E-state index contributed by atoms with van der Waals surface area (Å²) in [5.74, 6) is -0.920. The molecular formula is C70H122O6. The van der Waals surface area contributed by atoms with Crippen LogP contribution in [0.25, 0.3) is 0 Å². The van der Waals surface area contributed by atoms with Crippen molar-refractivity contribution < 1.29 is 28.6 Å². The van der Waals surface area contributed by atoms with Crippen molar-refractivity contribution in [2.45, 2.75) is 329 Å². The average Bonchev–Trinajstić information content (AvgIpc) is 3.42. The van der Waals surface area contributed by atoms with Gasteiger partial charge in [-0.25, -0.2) is 0 Å². The van der Waals surface area contributed by atoms with Crippen molar-refractivity contribution in [3.8, 4) is 0 Å². The maximum absolute atomic E-state index is 12.9. The third kappa shape index (κ3) is 61.4. The van der Waals surface area contributed by atoms with E-state index in [2.05, 4.69) is 106 Å². The molecule has 6 nitrogen and oxygen atoms in total. The third-order valence-corrected chi connectivity index (χ3v) is 14.1. The molecule has 0 N–H and O–H groups in total. The molecule has 0 aromatic rings. The smallest absolute Gasteiger partial charge is 0.306 e. The van der Waals surface area contributed by atoms with Gasteiger partial charge in [0.05, 0.1) is 0 Å². The molecule has 0 saturated carbocycles. The fourth-order valence-electron chi connectivity index (χ4n) is 9.27. The van der Waals surface area contributed by atoms with Crippen LogP contribution in [-0.4, -0.2) is 37.2 Å². The molecule has 76 heavy (non-hydrogen) atoms. The van der Waals surface area contributed by atoms with Gasteiger partial charge in [-0.05, 0) is 96.3 Å². The highest BCUT2D eigenvalue weighted by Gasteiger charge is 2.19. The quantitative estimate of drug-likeness (QED) is 0.0261. The highest BCUT2D eigenvalue weighted by Crippen LogP contribution is 2.17. The zero-order valence-electron chi connectivity index (χ0n) is 50.3. The molecule has 0 aliphatic rings. The maximum Gasteiger partial charge on any atom is 0.306 e. The van der Waals surface area contributed by atoms with Gasteiger partial charge in [-0.3, -0.25) is 14.4 Å². The Morgan fingerprint density at radius 3 is 0.842 bits per heavy atom. The second-order valence-electron chi connectivity index (χ2n) is 21.6. The highest BCUT2D eigenvalue weighted by atomic mass is 16.6. The maximum atomic E-state index is 12.9. The second kappa shape index (κ2) is 64.1. The van der Waals surface area contributed by atoms with Crippen LogP contribution in [0.4, 0.5) is 0 Å². The van der Waals surface area contributed by atoms with Crippen molar-refractivity contribution in [3.05, 3.63) is 85.1 Å². The number of carbonyl (C=O) groups excluding carboxylic acids is 3. The molecule has 0 bridgehead atoms. The molecule has 0 fully saturated rings. The Hall–Kier alpha value is -3.41. The zero-order chi connectivity index (χ0) is 55.0. The summed E-state index contributed by atoms with van der Waals surface area (Å²) in [6, 6.07) is 0. The monoisotopic (exact) mass is 1060 g/mol. The first-order valence-corrected chi connectivity index (χ1v) is 32.6. The molecule has 0 amide bonds. The predicted molar refractivity (Wildman–Crippen MR) is 330 cm³/mol. The van der Waals surface area contributed by atoms with Crippen LogP contribution >= 0.6 is 0 Å². The van der Waals surface area contributed by atoms with Gasteiger partial charge in [0.1, 0.15) is 13.2 Å². The normalized spacial score (nSPS) is 12.6. The molecular weight excluding hydrogens is 937 g/mol. The Morgan fingerprint density at radius 2 is 0.513 bits per heavy atom. The van der Waals surface area contributed by atoms with Crippen LogP contribution in [0.1, 0.15) is 323 Å². The first-order valence-electron chi connectivity index (χ1n) is 32.6. The van der Waals surface area contributed by atoms with Gasteiger partial charge in [-0.15, -0.1) is 0 Å². The predicted octanol–water partition coefficient (Wildman–Crippen LogP) is 22.3. The number of hydrogen-bond donors (Lipinski definition) is 0.